The van der Waals surface area contributed by atoms with Crippen LogP contribution in [0, 0.1) is 0 Å². The van der Waals surface area contributed by atoms with Crippen LogP contribution in [-0.4, -0.2) is 61.0 Å². The lowest BCUT2D eigenvalue weighted by atomic mass is 10.1. The lowest BCUT2D eigenvalue weighted by Crippen LogP contribution is -2.41. The minimum atomic E-state index is -0.0441. The highest BCUT2D eigenvalue weighted by molar-refractivity contribution is 5.55. The lowest BCUT2D eigenvalue weighted by molar-refractivity contribution is 0.0344. The van der Waals surface area contributed by atoms with Gasteiger partial charge in [-0.15, -0.1) is 0 Å². The van der Waals surface area contributed by atoms with E-state index in [1.54, 1.807) is 13.2 Å². The average Bonchev–Trinajstić information content (AvgIpc) is 3.33. The quantitative estimate of drug-likeness (QED) is 0.468. The van der Waals surface area contributed by atoms with Crippen LogP contribution < -0.4 is 15.7 Å². The molecule has 1 fully saturated rings. The van der Waals surface area contributed by atoms with E-state index in [-0.39, 0.29) is 5.56 Å². The molecule has 2 aromatic carbocycles. The van der Waals surface area contributed by atoms with Crippen LogP contribution >= 0.6 is 0 Å². The van der Waals surface area contributed by atoms with E-state index in [9.17, 15) is 4.79 Å². The number of pyridine rings is 1. The summed E-state index contributed by atoms with van der Waals surface area (Å²) in [5, 5.41) is 2.19. The minimum absolute atomic E-state index is 0.0441. The second-order valence-corrected chi connectivity index (χ2v) is 9.22. The first-order valence-corrected chi connectivity index (χ1v) is 12.5. The molecule has 0 radical (unpaired) electrons. The maximum atomic E-state index is 13.3. The van der Waals surface area contributed by atoms with Gasteiger partial charge in [-0.25, -0.2) is 5.01 Å². The molecule has 0 saturated carbocycles. The van der Waals surface area contributed by atoms with Gasteiger partial charge in [-0.2, -0.15) is 0 Å². The van der Waals surface area contributed by atoms with E-state index in [1.165, 1.54) is 0 Å². The highest BCUT2D eigenvalue weighted by atomic mass is 16.5. The molecule has 8 heteroatoms. The highest BCUT2D eigenvalue weighted by Gasteiger charge is 2.25. The van der Waals surface area contributed by atoms with Crippen LogP contribution in [0.5, 0.6) is 5.75 Å². The Hall–Kier alpha value is -3.17. The van der Waals surface area contributed by atoms with Crippen LogP contribution in [0.4, 0.5) is 5.69 Å². The van der Waals surface area contributed by atoms with E-state index >= 15 is 0 Å². The zero-order chi connectivity index (χ0) is 24.7. The Labute approximate surface area is 212 Å². The number of anilines is 1. The van der Waals surface area contributed by atoms with Crippen molar-refractivity contribution in [3.8, 4) is 5.75 Å². The van der Waals surface area contributed by atoms with Crippen LogP contribution in [0.1, 0.15) is 22.4 Å². The number of hydrogen-bond acceptors (Lipinski definition) is 7. The van der Waals surface area contributed by atoms with Gasteiger partial charge >= 0.3 is 0 Å². The summed E-state index contributed by atoms with van der Waals surface area (Å²) in [5.41, 5.74) is 8.44. The molecule has 190 valence electrons. The molecule has 1 N–H and O–H groups in total. The van der Waals surface area contributed by atoms with Crippen molar-refractivity contribution in [3.63, 3.8) is 0 Å². The molecule has 0 amide bonds. The van der Waals surface area contributed by atoms with Gasteiger partial charge in [0.05, 0.1) is 51.5 Å². The molecule has 0 bridgehead atoms. The molecule has 0 aliphatic carbocycles. The standard InChI is InChI=1S/C28H34N4O4/c1-34-24-9-5-8-23(16-24)18-32-27(21-36-20-22-6-3-2-4-7-22)25-19-31(29-26(25)17-28(32)33)11-10-30-12-14-35-15-13-30/h2-9,16-17,29H,10-15,18-21H2,1H3. The Morgan fingerprint density at radius 1 is 0.944 bits per heavy atom. The summed E-state index contributed by atoms with van der Waals surface area (Å²) in [7, 11) is 1.65. The number of morpholine rings is 1. The summed E-state index contributed by atoms with van der Waals surface area (Å²) in [6, 6.07) is 19.7. The van der Waals surface area contributed by atoms with Gasteiger partial charge in [-0.05, 0) is 23.3 Å². The molecule has 2 aliphatic rings. The van der Waals surface area contributed by atoms with E-state index in [0.717, 1.165) is 79.8 Å². The summed E-state index contributed by atoms with van der Waals surface area (Å²) in [6.07, 6.45) is 0. The number of fused-ring (bicyclic) bond motifs is 1. The fraction of sp³-hybridized carbons (Fsp3) is 0.393. The molecule has 2 aliphatic heterocycles. The monoisotopic (exact) mass is 490 g/mol. The van der Waals surface area contributed by atoms with Crippen molar-refractivity contribution >= 4 is 5.69 Å². The Kier molecular flexibility index (Phi) is 7.98. The number of hydrazine groups is 1. The van der Waals surface area contributed by atoms with Crippen molar-refractivity contribution in [2.75, 3.05) is 51.9 Å². The molecule has 0 spiro atoms. The number of rotatable bonds is 10. The molecule has 3 heterocycles. The van der Waals surface area contributed by atoms with Crippen LogP contribution in [-0.2, 0) is 35.8 Å². The normalized spacial score (nSPS) is 16.0. The van der Waals surface area contributed by atoms with Crippen LogP contribution in [0.2, 0.25) is 0 Å². The van der Waals surface area contributed by atoms with Gasteiger partial charge in [0.25, 0.3) is 5.56 Å². The SMILES string of the molecule is COc1cccc(Cn2c(COCc3ccccc3)c3c(cc2=O)NN(CCN2CCOCC2)C3)c1. The fourth-order valence-electron chi connectivity index (χ4n) is 4.77. The molecule has 3 aromatic rings. The van der Waals surface area contributed by atoms with Gasteiger partial charge in [0.2, 0.25) is 0 Å². The smallest absolute Gasteiger partial charge is 0.253 e. The maximum Gasteiger partial charge on any atom is 0.253 e. The second kappa shape index (κ2) is 11.7. The Morgan fingerprint density at radius 2 is 1.75 bits per heavy atom. The van der Waals surface area contributed by atoms with Gasteiger partial charge in [0, 0.05) is 44.4 Å². The summed E-state index contributed by atoms with van der Waals surface area (Å²) in [4.78, 5) is 15.7. The molecule has 0 unspecified atom stereocenters. The third-order valence-corrected chi connectivity index (χ3v) is 6.78. The van der Waals surface area contributed by atoms with Crippen LogP contribution in [0.3, 0.4) is 0 Å². The summed E-state index contributed by atoms with van der Waals surface area (Å²) in [6.45, 7) is 7.36. The van der Waals surface area contributed by atoms with Crippen molar-refractivity contribution in [2.45, 2.75) is 26.3 Å². The molecular weight excluding hydrogens is 456 g/mol. The van der Waals surface area contributed by atoms with Crippen molar-refractivity contribution in [1.29, 1.82) is 0 Å². The third-order valence-electron chi connectivity index (χ3n) is 6.78. The molecule has 1 aromatic heterocycles. The fourth-order valence-corrected chi connectivity index (χ4v) is 4.77. The van der Waals surface area contributed by atoms with Crippen molar-refractivity contribution in [2.24, 2.45) is 0 Å². The summed E-state index contributed by atoms with van der Waals surface area (Å²) >= 11 is 0. The number of aromatic nitrogens is 1. The zero-order valence-corrected chi connectivity index (χ0v) is 20.8. The Bertz CT molecular complexity index is 1210. The van der Waals surface area contributed by atoms with Gasteiger partial charge in [-0.1, -0.05) is 42.5 Å². The van der Waals surface area contributed by atoms with Crippen molar-refractivity contribution < 1.29 is 14.2 Å². The molecule has 0 atom stereocenters. The maximum absolute atomic E-state index is 13.3. The van der Waals surface area contributed by atoms with Crippen LogP contribution in [0.25, 0.3) is 0 Å². The van der Waals surface area contributed by atoms with E-state index in [1.807, 2.05) is 59.2 Å². The third kappa shape index (κ3) is 5.96. The number of benzene rings is 2. The predicted molar refractivity (Wildman–Crippen MR) is 139 cm³/mol. The number of ether oxygens (including phenoxy) is 3. The summed E-state index contributed by atoms with van der Waals surface area (Å²) in [5.74, 6) is 0.777. The van der Waals surface area contributed by atoms with E-state index in [4.69, 9.17) is 14.2 Å². The predicted octanol–water partition coefficient (Wildman–Crippen LogP) is 3.10. The molecule has 36 heavy (non-hydrogen) atoms. The van der Waals surface area contributed by atoms with Gasteiger partial charge in [0.1, 0.15) is 5.75 Å². The molecular formula is C28H34N4O4. The molecule has 8 nitrogen and oxygen atoms in total. The molecule has 1 saturated heterocycles. The number of nitrogens with one attached hydrogen (secondary N) is 1. The van der Waals surface area contributed by atoms with Crippen molar-refractivity contribution in [1.82, 2.24) is 14.5 Å². The first-order valence-electron chi connectivity index (χ1n) is 12.5. The van der Waals surface area contributed by atoms with E-state index in [0.29, 0.717) is 19.8 Å². The minimum Gasteiger partial charge on any atom is -0.497 e. The lowest BCUT2D eigenvalue weighted by Gasteiger charge is -2.28. The number of methoxy groups -OCH3 is 1. The first-order chi connectivity index (χ1) is 17.7. The van der Waals surface area contributed by atoms with Gasteiger partial charge in [-0.3, -0.25) is 9.69 Å². The highest BCUT2D eigenvalue weighted by Crippen LogP contribution is 2.28. The second-order valence-electron chi connectivity index (χ2n) is 9.22. The van der Waals surface area contributed by atoms with E-state index < -0.39 is 0 Å². The zero-order valence-electron chi connectivity index (χ0n) is 20.8. The Morgan fingerprint density at radius 3 is 2.56 bits per heavy atom. The van der Waals surface area contributed by atoms with Crippen molar-refractivity contribution in [3.05, 3.63) is 93.4 Å². The number of nitrogens with zero attached hydrogens (tertiary/aromatic N) is 3. The average molecular weight is 491 g/mol. The Balaban J connectivity index is 1.37. The van der Waals surface area contributed by atoms with E-state index in [2.05, 4.69) is 15.3 Å². The topological polar surface area (TPSA) is 68.2 Å². The van der Waals surface area contributed by atoms with Gasteiger partial charge < -0.3 is 24.2 Å². The number of hydrogen-bond donors (Lipinski definition) is 1. The van der Waals surface area contributed by atoms with Gasteiger partial charge in [0.15, 0.2) is 0 Å². The first kappa shape index (κ1) is 24.5. The molecule has 5 rings (SSSR count). The largest absolute Gasteiger partial charge is 0.497 e. The van der Waals surface area contributed by atoms with Crippen LogP contribution in [0.15, 0.2) is 65.5 Å². The summed E-state index contributed by atoms with van der Waals surface area (Å²) < 4.78 is 18.8.